The number of benzene rings is 4. The maximum absolute atomic E-state index is 14.7. The third-order valence-corrected chi connectivity index (χ3v) is 4.83. The quantitative estimate of drug-likeness (QED) is 0.382. The monoisotopic (exact) mass is 362 g/mol. The lowest BCUT2D eigenvalue weighted by molar-refractivity contribution is 0.421. The van der Waals surface area contributed by atoms with Gasteiger partial charge in [-0.25, -0.2) is 4.39 Å². The third-order valence-electron chi connectivity index (χ3n) is 4.54. The zero-order chi connectivity index (χ0) is 18.1. The number of ether oxygens (including phenoxy) is 1. The van der Waals surface area contributed by atoms with E-state index in [4.69, 9.17) is 16.3 Å². The molecule has 0 aliphatic carbocycles. The maximum Gasteiger partial charge on any atom is 0.149 e. The molecule has 4 aromatic rings. The summed E-state index contributed by atoms with van der Waals surface area (Å²) in [5.41, 5.74) is 3.07. The highest BCUT2D eigenvalue weighted by Crippen LogP contribution is 2.42. The lowest BCUT2D eigenvalue weighted by Crippen LogP contribution is -1.93. The standard InChI is InChI=1S/C23H16ClFO/c1-26-23-16-8-3-2-7-15(16)13-14-20(23)18-10-5-4-9-17(18)19-11-6-12-21(24)22(19)25/h2-14H,1H3. The molecule has 0 atom stereocenters. The number of hydrogen-bond acceptors (Lipinski definition) is 1. The molecular weight excluding hydrogens is 347 g/mol. The Labute approximate surface area is 156 Å². The van der Waals surface area contributed by atoms with Gasteiger partial charge in [0.05, 0.1) is 12.1 Å². The van der Waals surface area contributed by atoms with E-state index in [2.05, 4.69) is 6.07 Å². The molecule has 3 heteroatoms. The summed E-state index contributed by atoms with van der Waals surface area (Å²) in [5.74, 6) is 0.361. The third kappa shape index (κ3) is 2.73. The lowest BCUT2D eigenvalue weighted by Gasteiger charge is -2.16. The van der Waals surface area contributed by atoms with Gasteiger partial charge in [-0.1, -0.05) is 78.3 Å². The summed E-state index contributed by atoms with van der Waals surface area (Å²) in [7, 11) is 1.66. The molecule has 0 bridgehead atoms. The van der Waals surface area contributed by atoms with Crippen LogP contribution < -0.4 is 4.74 Å². The average molecular weight is 363 g/mol. The van der Waals surface area contributed by atoms with Crippen molar-refractivity contribution in [3.8, 4) is 28.0 Å². The molecule has 0 aromatic heterocycles. The van der Waals surface area contributed by atoms with Crippen molar-refractivity contribution in [2.75, 3.05) is 7.11 Å². The average Bonchev–Trinajstić information content (AvgIpc) is 2.69. The smallest absolute Gasteiger partial charge is 0.149 e. The Hall–Kier alpha value is -2.84. The van der Waals surface area contributed by atoms with Crippen molar-refractivity contribution in [2.24, 2.45) is 0 Å². The highest BCUT2D eigenvalue weighted by Gasteiger charge is 2.17. The van der Waals surface area contributed by atoms with Crippen molar-refractivity contribution >= 4 is 22.4 Å². The molecule has 0 spiro atoms. The minimum atomic E-state index is -0.415. The predicted octanol–water partition coefficient (Wildman–Crippen LogP) is 6.97. The Balaban J connectivity index is 2.01. The Kier molecular flexibility index (Phi) is 4.36. The van der Waals surface area contributed by atoms with Gasteiger partial charge in [0, 0.05) is 16.5 Å². The molecule has 0 amide bonds. The zero-order valence-electron chi connectivity index (χ0n) is 14.2. The van der Waals surface area contributed by atoms with Gasteiger partial charge in [0.1, 0.15) is 11.6 Å². The van der Waals surface area contributed by atoms with Gasteiger partial charge in [0.15, 0.2) is 0 Å². The van der Waals surface area contributed by atoms with Gasteiger partial charge < -0.3 is 4.74 Å². The molecule has 26 heavy (non-hydrogen) atoms. The Morgan fingerprint density at radius 2 is 1.35 bits per heavy atom. The van der Waals surface area contributed by atoms with Crippen LogP contribution >= 0.6 is 11.6 Å². The first-order chi connectivity index (χ1) is 12.7. The number of methoxy groups -OCH3 is 1. The summed E-state index contributed by atoms with van der Waals surface area (Å²) in [4.78, 5) is 0. The van der Waals surface area contributed by atoms with Crippen LogP contribution in [0.3, 0.4) is 0 Å². The van der Waals surface area contributed by atoms with Crippen molar-refractivity contribution in [2.45, 2.75) is 0 Å². The van der Waals surface area contributed by atoms with Crippen LogP contribution in [0.25, 0.3) is 33.0 Å². The van der Waals surface area contributed by atoms with E-state index >= 15 is 0 Å². The van der Waals surface area contributed by atoms with Crippen molar-refractivity contribution in [3.63, 3.8) is 0 Å². The van der Waals surface area contributed by atoms with Gasteiger partial charge in [-0.05, 0) is 28.6 Å². The molecule has 0 N–H and O–H groups in total. The summed E-state index contributed by atoms with van der Waals surface area (Å²) in [5, 5.41) is 2.23. The van der Waals surface area contributed by atoms with E-state index in [0.717, 1.165) is 33.2 Å². The zero-order valence-corrected chi connectivity index (χ0v) is 14.9. The molecule has 1 nitrogen and oxygen atoms in total. The van der Waals surface area contributed by atoms with Crippen LogP contribution in [0.2, 0.25) is 5.02 Å². The molecule has 4 aromatic carbocycles. The second-order valence-corrected chi connectivity index (χ2v) is 6.42. The second kappa shape index (κ2) is 6.81. The van der Waals surface area contributed by atoms with E-state index in [0.29, 0.717) is 5.56 Å². The fourth-order valence-corrected chi connectivity index (χ4v) is 3.51. The predicted molar refractivity (Wildman–Crippen MR) is 106 cm³/mol. The van der Waals surface area contributed by atoms with E-state index < -0.39 is 5.82 Å². The van der Waals surface area contributed by atoms with E-state index in [1.807, 2.05) is 54.6 Å². The van der Waals surface area contributed by atoms with Gasteiger partial charge in [-0.15, -0.1) is 0 Å². The largest absolute Gasteiger partial charge is 0.495 e. The first-order valence-corrected chi connectivity index (χ1v) is 8.68. The van der Waals surface area contributed by atoms with E-state index in [1.54, 1.807) is 25.3 Å². The van der Waals surface area contributed by atoms with Crippen molar-refractivity contribution in [3.05, 3.63) is 89.7 Å². The Morgan fingerprint density at radius 3 is 2.12 bits per heavy atom. The van der Waals surface area contributed by atoms with Crippen LogP contribution in [0.4, 0.5) is 4.39 Å². The molecule has 0 saturated carbocycles. The molecule has 0 unspecified atom stereocenters. The summed E-state index contributed by atoms with van der Waals surface area (Å²) in [6.07, 6.45) is 0. The van der Waals surface area contributed by atoms with E-state index in [9.17, 15) is 4.39 Å². The first kappa shape index (κ1) is 16.6. The van der Waals surface area contributed by atoms with Gasteiger partial charge in [0.2, 0.25) is 0 Å². The van der Waals surface area contributed by atoms with Crippen molar-refractivity contribution < 1.29 is 9.13 Å². The van der Waals surface area contributed by atoms with Crippen LogP contribution in [-0.4, -0.2) is 7.11 Å². The number of rotatable bonds is 3. The Bertz CT molecular complexity index is 1100. The first-order valence-electron chi connectivity index (χ1n) is 8.30. The number of halogens is 2. The van der Waals surface area contributed by atoms with Crippen LogP contribution in [0.15, 0.2) is 78.9 Å². The molecule has 0 fully saturated rings. The molecule has 0 aliphatic rings. The molecule has 0 saturated heterocycles. The highest BCUT2D eigenvalue weighted by molar-refractivity contribution is 6.31. The summed E-state index contributed by atoms with van der Waals surface area (Å²) in [6, 6.07) is 24.9. The molecule has 0 aliphatic heterocycles. The minimum absolute atomic E-state index is 0.114. The van der Waals surface area contributed by atoms with Crippen molar-refractivity contribution in [1.82, 2.24) is 0 Å². The molecule has 128 valence electrons. The summed E-state index contributed by atoms with van der Waals surface area (Å²) in [6.45, 7) is 0. The summed E-state index contributed by atoms with van der Waals surface area (Å²) >= 11 is 6.00. The molecule has 0 heterocycles. The molecule has 4 rings (SSSR count). The fraction of sp³-hybridized carbons (Fsp3) is 0.0435. The van der Waals surface area contributed by atoms with Gasteiger partial charge >= 0.3 is 0 Å². The molecular formula is C23H16ClFO. The van der Waals surface area contributed by atoms with Gasteiger partial charge in [-0.3, -0.25) is 0 Å². The normalized spacial score (nSPS) is 10.9. The van der Waals surface area contributed by atoms with Crippen LogP contribution in [0, 0.1) is 5.82 Å². The van der Waals surface area contributed by atoms with Gasteiger partial charge in [-0.2, -0.15) is 0 Å². The Morgan fingerprint density at radius 1 is 0.692 bits per heavy atom. The van der Waals surface area contributed by atoms with E-state index in [1.165, 1.54) is 0 Å². The maximum atomic E-state index is 14.7. The van der Waals surface area contributed by atoms with Gasteiger partial charge in [0.25, 0.3) is 0 Å². The summed E-state index contributed by atoms with van der Waals surface area (Å²) < 4.78 is 20.4. The number of hydrogen-bond donors (Lipinski definition) is 0. The SMILES string of the molecule is COc1c(-c2ccccc2-c2cccc(Cl)c2F)ccc2ccccc12. The minimum Gasteiger partial charge on any atom is -0.495 e. The fourth-order valence-electron chi connectivity index (χ4n) is 3.34. The second-order valence-electron chi connectivity index (χ2n) is 6.01. The molecule has 0 radical (unpaired) electrons. The number of fused-ring (bicyclic) bond motifs is 1. The van der Waals surface area contributed by atoms with E-state index in [-0.39, 0.29) is 5.02 Å². The topological polar surface area (TPSA) is 9.23 Å². The highest BCUT2D eigenvalue weighted by atomic mass is 35.5. The van der Waals surface area contributed by atoms with Crippen LogP contribution in [0.1, 0.15) is 0 Å². The lowest BCUT2D eigenvalue weighted by atomic mass is 9.92. The van der Waals surface area contributed by atoms with Crippen LogP contribution in [0.5, 0.6) is 5.75 Å². The van der Waals surface area contributed by atoms with Crippen molar-refractivity contribution in [1.29, 1.82) is 0 Å². The van der Waals surface area contributed by atoms with Crippen LogP contribution in [-0.2, 0) is 0 Å².